The Morgan fingerprint density at radius 2 is 1.82 bits per heavy atom. The fourth-order valence-electron chi connectivity index (χ4n) is 6.67. The molecule has 3 heterocycles. The highest BCUT2D eigenvalue weighted by Gasteiger charge is 2.41. The van der Waals surface area contributed by atoms with E-state index >= 15 is 0 Å². The van der Waals surface area contributed by atoms with Gasteiger partial charge in [-0.1, -0.05) is 43.2 Å². The van der Waals surface area contributed by atoms with Crippen LogP contribution in [-0.4, -0.2) is 43.1 Å². The first-order valence-corrected chi connectivity index (χ1v) is 13.1. The molecule has 0 atom stereocenters. The van der Waals surface area contributed by atoms with Crippen LogP contribution in [-0.2, 0) is 13.6 Å². The number of hydrogen-bond donors (Lipinski definition) is 1. The topological polar surface area (TPSA) is 68.0 Å². The zero-order valence-electron chi connectivity index (χ0n) is 20.2. The lowest BCUT2D eigenvalue weighted by molar-refractivity contribution is 0.176. The zero-order chi connectivity index (χ0) is 23.1. The molecule has 2 aliphatic carbocycles. The van der Waals surface area contributed by atoms with Crippen molar-refractivity contribution in [2.24, 2.45) is 12.5 Å². The molecule has 1 aliphatic heterocycles. The normalized spacial score (nSPS) is 26.1. The summed E-state index contributed by atoms with van der Waals surface area (Å²) in [6, 6.07) is 11.5. The molecule has 7 nitrogen and oxygen atoms in total. The molecule has 3 aromatic rings. The van der Waals surface area contributed by atoms with Gasteiger partial charge in [-0.15, -0.1) is 0 Å². The van der Waals surface area contributed by atoms with E-state index < -0.39 is 0 Å². The first-order chi connectivity index (χ1) is 16.6. The minimum Gasteiger partial charge on any atom is -0.351 e. The number of nitrogens with zero attached hydrogens (tertiary/aromatic N) is 5. The van der Waals surface area contributed by atoms with Crippen molar-refractivity contribution in [2.45, 2.75) is 76.4 Å². The maximum absolute atomic E-state index is 12.9. The quantitative estimate of drug-likeness (QED) is 0.608. The fraction of sp³-hybridized carbons (Fsp3) is 0.593. The SMILES string of the molecule is Cn1c(=O)n(C2CCCC2)c2nc(NC3CCC4(CC3)CCN(Cc3ccccc3)C4)ncc21. The molecule has 0 radical (unpaired) electrons. The second kappa shape index (κ2) is 8.84. The third kappa shape index (κ3) is 4.04. The Labute approximate surface area is 201 Å². The molecule has 7 heteroatoms. The molecule has 2 aromatic heterocycles. The zero-order valence-corrected chi connectivity index (χ0v) is 20.2. The second-order valence-corrected chi connectivity index (χ2v) is 10.9. The Hall–Kier alpha value is -2.67. The summed E-state index contributed by atoms with van der Waals surface area (Å²) in [7, 11) is 1.83. The molecule has 3 aliphatic rings. The smallest absolute Gasteiger partial charge is 0.330 e. The first-order valence-electron chi connectivity index (χ1n) is 13.1. The van der Waals surface area contributed by atoms with E-state index in [4.69, 9.17) is 4.98 Å². The number of hydrogen-bond acceptors (Lipinski definition) is 5. The van der Waals surface area contributed by atoms with E-state index in [0.717, 1.165) is 43.4 Å². The molecule has 2 saturated carbocycles. The molecule has 1 aromatic carbocycles. The van der Waals surface area contributed by atoms with Crippen molar-refractivity contribution in [2.75, 3.05) is 18.4 Å². The Morgan fingerprint density at radius 1 is 1.06 bits per heavy atom. The van der Waals surface area contributed by atoms with Crippen molar-refractivity contribution in [1.29, 1.82) is 0 Å². The van der Waals surface area contributed by atoms with Gasteiger partial charge in [-0.05, 0) is 62.5 Å². The molecule has 0 unspecified atom stereocenters. The van der Waals surface area contributed by atoms with Gasteiger partial charge in [0.15, 0.2) is 5.65 Å². The van der Waals surface area contributed by atoms with Crippen molar-refractivity contribution in [1.82, 2.24) is 24.0 Å². The number of fused-ring (bicyclic) bond motifs is 1. The highest BCUT2D eigenvalue weighted by molar-refractivity contribution is 5.72. The molecule has 3 fully saturated rings. The molecule has 6 rings (SSSR count). The van der Waals surface area contributed by atoms with Crippen LogP contribution in [0.2, 0.25) is 0 Å². The van der Waals surface area contributed by atoms with Gasteiger partial charge in [0.2, 0.25) is 5.95 Å². The predicted octanol–water partition coefficient (Wildman–Crippen LogP) is 4.49. The van der Waals surface area contributed by atoms with E-state index in [1.807, 2.05) is 17.8 Å². The molecule has 34 heavy (non-hydrogen) atoms. The maximum Gasteiger partial charge on any atom is 0.330 e. The molecule has 0 amide bonds. The standard InChI is InChI=1S/C27H36N6O/c1-31-23-17-28-25(30-24(23)33(26(31)34)22-9-5-6-10-22)29-21-11-13-27(14-12-21)15-16-32(19-27)18-20-7-3-2-4-8-20/h2-4,7-8,17,21-22H,5-6,9-16,18-19H2,1H3,(H,28,29,30). The van der Waals surface area contributed by atoms with Crippen LogP contribution in [0, 0.1) is 5.41 Å². The van der Waals surface area contributed by atoms with Crippen molar-refractivity contribution >= 4 is 17.1 Å². The first kappa shape index (κ1) is 21.8. The number of likely N-dealkylation sites (tertiary alicyclic amines) is 1. The van der Waals surface area contributed by atoms with Gasteiger partial charge in [0, 0.05) is 32.2 Å². The van der Waals surface area contributed by atoms with Crippen LogP contribution in [0.15, 0.2) is 41.3 Å². The van der Waals surface area contributed by atoms with Gasteiger partial charge in [0.05, 0.1) is 6.20 Å². The van der Waals surface area contributed by atoms with Crippen LogP contribution in [0.5, 0.6) is 0 Å². The van der Waals surface area contributed by atoms with Crippen LogP contribution in [0.25, 0.3) is 11.2 Å². The van der Waals surface area contributed by atoms with Crippen molar-refractivity contribution in [3.63, 3.8) is 0 Å². The summed E-state index contributed by atoms with van der Waals surface area (Å²) in [5, 5.41) is 3.62. The molecule has 1 saturated heterocycles. The third-order valence-corrected chi connectivity index (χ3v) is 8.67. The molecule has 1 spiro atoms. The van der Waals surface area contributed by atoms with Crippen LogP contribution in [0.4, 0.5) is 5.95 Å². The van der Waals surface area contributed by atoms with Gasteiger partial charge >= 0.3 is 5.69 Å². The van der Waals surface area contributed by atoms with E-state index in [2.05, 4.69) is 45.5 Å². The maximum atomic E-state index is 12.9. The van der Waals surface area contributed by atoms with E-state index in [0.29, 0.717) is 17.4 Å². The molecule has 180 valence electrons. The molecule has 0 bridgehead atoms. The van der Waals surface area contributed by atoms with Crippen molar-refractivity contribution in [3.8, 4) is 0 Å². The Bertz CT molecular complexity index is 1200. The molecular weight excluding hydrogens is 424 g/mol. The lowest BCUT2D eigenvalue weighted by Crippen LogP contribution is -2.36. The largest absolute Gasteiger partial charge is 0.351 e. The van der Waals surface area contributed by atoms with Gasteiger partial charge in [-0.3, -0.25) is 14.0 Å². The van der Waals surface area contributed by atoms with Gasteiger partial charge in [0.25, 0.3) is 0 Å². The third-order valence-electron chi connectivity index (χ3n) is 8.67. The van der Waals surface area contributed by atoms with Gasteiger partial charge in [0.1, 0.15) is 5.52 Å². The number of aryl methyl sites for hydroxylation is 1. The Morgan fingerprint density at radius 3 is 2.59 bits per heavy atom. The summed E-state index contributed by atoms with van der Waals surface area (Å²) in [6.45, 7) is 3.49. The number of rotatable bonds is 5. The summed E-state index contributed by atoms with van der Waals surface area (Å²) in [5.41, 5.74) is 3.54. The number of nitrogens with one attached hydrogen (secondary N) is 1. The molecule has 1 N–H and O–H groups in total. The average Bonchev–Trinajstić information content (AvgIpc) is 3.57. The highest BCUT2D eigenvalue weighted by atomic mass is 16.1. The highest BCUT2D eigenvalue weighted by Crippen LogP contribution is 2.44. The minimum absolute atomic E-state index is 0.0363. The van der Waals surface area contributed by atoms with Gasteiger partial charge in [-0.2, -0.15) is 4.98 Å². The number of imidazole rings is 1. The monoisotopic (exact) mass is 460 g/mol. The van der Waals surface area contributed by atoms with E-state index in [1.165, 1.54) is 50.8 Å². The predicted molar refractivity (Wildman–Crippen MR) is 135 cm³/mol. The van der Waals surface area contributed by atoms with Crippen molar-refractivity contribution < 1.29 is 0 Å². The number of anilines is 1. The summed E-state index contributed by atoms with van der Waals surface area (Å²) in [5.74, 6) is 0.669. The Balaban J connectivity index is 1.11. The van der Waals surface area contributed by atoms with E-state index in [9.17, 15) is 4.79 Å². The Kier molecular flexibility index (Phi) is 5.68. The minimum atomic E-state index is 0.0363. The fourth-order valence-corrected chi connectivity index (χ4v) is 6.67. The summed E-state index contributed by atoms with van der Waals surface area (Å²) >= 11 is 0. The summed E-state index contributed by atoms with van der Waals surface area (Å²) < 4.78 is 3.62. The van der Waals surface area contributed by atoms with Gasteiger partial charge < -0.3 is 5.32 Å². The van der Waals surface area contributed by atoms with E-state index in [1.54, 1.807) is 4.57 Å². The van der Waals surface area contributed by atoms with E-state index in [-0.39, 0.29) is 11.7 Å². The lowest BCUT2D eigenvalue weighted by Gasteiger charge is -2.37. The van der Waals surface area contributed by atoms with Crippen LogP contribution >= 0.6 is 0 Å². The van der Waals surface area contributed by atoms with Crippen molar-refractivity contribution in [3.05, 3.63) is 52.6 Å². The van der Waals surface area contributed by atoms with Gasteiger partial charge in [-0.25, -0.2) is 9.78 Å². The van der Waals surface area contributed by atoms with Crippen LogP contribution in [0.1, 0.15) is 69.4 Å². The van der Waals surface area contributed by atoms with Crippen LogP contribution in [0.3, 0.4) is 0 Å². The second-order valence-electron chi connectivity index (χ2n) is 10.9. The molecular formula is C27H36N6O. The number of aromatic nitrogens is 4. The summed E-state index contributed by atoms with van der Waals surface area (Å²) in [6.07, 6.45) is 12.5. The summed E-state index contributed by atoms with van der Waals surface area (Å²) in [4.78, 5) is 25.0. The lowest BCUT2D eigenvalue weighted by atomic mass is 9.72. The number of benzene rings is 1. The average molecular weight is 461 g/mol. The van der Waals surface area contributed by atoms with Crippen LogP contribution < -0.4 is 11.0 Å².